The van der Waals surface area contributed by atoms with E-state index in [-0.39, 0.29) is 5.91 Å². The number of ether oxygens (including phenoxy) is 1. The standard InChI is InChI=1S/C23H27NO3/c1-16-8-10-19(11-9-16)14-24-23(26)18(3)21-7-5-6-20(12-21)13-22(25)17(2)15-27-4/h5-12,15,22,25H,3,13-14H2,1-2,4H3,(H,24,26)/b17-15+. The Morgan fingerprint density at radius 3 is 2.59 bits per heavy atom. The zero-order chi connectivity index (χ0) is 19.8. The summed E-state index contributed by atoms with van der Waals surface area (Å²) >= 11 is 0. The zero-order valence-electron chi connectivity index (χ0n) is 16.2. The fourth-order valence-electron chi connectivity index (χ4n) is 2.66. The summed E-state index contributed by atoms with van der Waals surface area (Å²) in [5.74, 6) is -0.205. The lowest BCUT2D eigenvalue weighted by atomic mass is 9.98. The van der Waals surface area contributed by atoms with Gasteiger partial charge in [0.2, 0.25) is 0 Å². The predicted octanol–water partition coefficient (Wildman–Crippen LogP) is 3.78. The van der Waals surface area contributed by atoms with Crippen LogP contribution in [-0.2, 0) is 22.5 Å². The number of aryl methyl sites for hydroxylation is 1. The van der Waals surface area contributed by atoms with Crippen LogP contribution in [0, 0.1) is 6.92 Å². The van der Waals surface area contributed by atoms with E-state index in [1.807, 2.05) is 62.4 Å². The highest BCUT2D eigenvalue weighted by Gasteiger charge is 2.12. The molecule has 4 heteroatoms. The molecule has 0 heterocycles. The fourth-order valence-corrected chi connectivity index (χ4v) is 2.66. The molecule has 0 aromatic heterocycles. The first-order chi connectivity index (χ1) is 12.9. The summed E-state index contributed by atoms with van der Waals surface area (Å²) in [6.07, 6.45) is 1.34. The highest BCUT2D eigenvalue weighted by Crippen LogP contribution is 2.17. The molecule has 0 spiro atoms. The van der Waals surface area contributed by atoms with Crippen molar-refractivity contribution in [1.82, 2.24) is 5.32 Å². The summed E-state index contributed by atoms with van der Waals surface area (Å²) in [7, 11) is 1.55. The number of carbonyl (C=O) groups is 1. The van der Waals surface area contributed by atoms with Crippen LogP contribution in [-0.4, -0.2) is 24.2 Å². The monoisotopic (exact) mass is 365 g/mol. The van der Waals surface area contributed by atoms with Crippen LogP contribution < -0.4 is 5.32 Å². The van der Waals surface area contributed by atoms with E-state index in [2.05, 4.69) is 11.9 Å². The summed E-state index contributed by atoms with van der Waals surface area (Å²) in [4.78, 5) is 12.4. The largest absolute Gasteiger partial charge is 0.504 e. The molecule has 0 aliphatic carbocycles. The van der Waals surface area contributed by atoms with Crippen molar-refractivity contribution < 1.29 is 14.6 Å². The first kappa shape index (κ1) is 20.5. The van der Waals surface area contributed by atoms with Gasteiger partial charge in [-0.15, -0.1) is 0 Å². The Kier molecular flexibility index (Phi) is 7.38. The van der Waals surface area contributed by atoms with Crippen LogP contribution in [0.4, 0.5) is 0 Å². The average Bonchev–Trinajstić information content (AvgIpc) is 2.67. The van der Waals surface area contributed by atoms with Crippen LogP contribution in [0.15, 0.2) is 66.9 Å². The summed E-state index contributed by atoms with van der Waals surface area (Å²) in [5.41, 5.74) is 5.05. The molecule has 0 fully saturated rings. The first-order valence-electron chi connectivity index (χ1n) is 8.90. The van der Waals surface area contributed by atoms with Gasteiger partial charge in [-0.3, -0.25) is 4.79 Å². The SMILES string of the molecule is C=C(C(=O)NCc1ccc(C)cc1)c1cccc(CC(O)/C(C)=C/OC)c1. The Balaban J connectivity index is 2.00. The average molecular weight is 365 g/mol. The molecule has 0 saturated heterocycles. The predicted molar refractivity (Wildman–Crippen MR) is 109 cm³/mol. The number of aliphatic hydroxyl groups excluding tert-OH is 1. The molecular weight excluding hydrogens is 338 g/mol. The number of carbonyl (C=O) groups excluding carboxylic acids is 1. The highest BCUT2D eigenvalue weighted by atomic mass is 16.5. The molecule has 0 aliphatic heterocycles. The van der Waals surface area contributed by atoms with Crippen molar-refractivity contribution in [2.45, 2.75) is 32.9 Å². The number of aliphatic hydroxyl groups is 1. The third-order valence-corrected chi connectivity index (χ3v) is 4.38. The summed E-state index contributed by atoms with van der Waals surface area (Å²) in [5, 5.41) is 13.1. The zero-order valence-corrected chi connectivity index (χ0v) is 16.2. The molecule has 0 saturated carbocycles. The molecule has 2 rings (SSSR count). The number of rotatable bonds is 8. The van der Waals surface area contributed by atoms with E-state index < -0.39 is 6.10 Å². The van der Waals surface area contributed by atoms with Gasteiger partial charge in [0.25, 0.3) is 5.91 Å². The molecule has 2 aromatic rings. The van der Waals surface area contributed by atoms with Crippen molar-refractivity contribution in [1.29, 1.82) is 0 Å². The Morgan fingerprint density at radius 1 is 1.22 bits per heavy atom. The van der Waals surface area contributed by atoms with E-state index in [1.165, 1.54) is 11.8 Å². The number of amides is 1. The Labute approximate surface area is 161 Å². The number of benzene rings is 2. The fraction of sp³-hybridized carbons (Fsp3) is 0.261. The van der Waals surface area contributed by atoms with Gasteiger partial charge in [-0.25, -0.2) is 0 Å². The van der Waals surface area contributed by atoms with E-state index in [0.717, 1.165) is 22.3 Å². The van der Waals surface area contributed by atoms with E-state index in [1.54, 1.807) is 7.11 Å². The van der Waals surface area contributed by atoms with Crippen LogP contribution in [0.5, 0.6) is 0 Å². The van der Waals surface area contributed by atoms with E-state index >= 15 is 0 Å². The van der Waals surface area contributed by atoms with Gasteiger partial charge in [0.15, 0.2) is 0 Å². The first-order valence-corrected chi connectivity index (χ1v) is 8.90. The quantitative estimate of drug-likeness (QED) is 0.553. The van der Waals surface area contributed by atoms with Crippen LogP contribution in [0.3, 0.4) is 0 Å². The maximum Gasteiger partial charge on any atom is 0.251 e. The van der Waals surface area contributed by atoms with Gasteiger partial charge in [0.1, 0.15) is 0 Å². The molecule has 27 heavy (non-hydrogen) atoms. The number of methoxy groups -OCH3 is 1. The maximum atomic E-state index is 12.4. The third kappa shape index (κ3) is 6.12. The Morgan fingerprint density at radius 2 is 1.93 bits per heavy atom. The Hall–Kier alpha value is -2.85. The van der Waals surface area contributed by atoms with E-state index in [9.17, 15) is 9.90 Å². The van der Waals surface area contributed by atoms with Crippen molar-refractivity contribution in [2.75, 3.05) is 7.11 Å². The normalized spacial score (nSPS) is 12.4. The minimum absolute atomic E-state index is 0.205. The van der Waals surface area contributed by atoms with E-state index in [4.69, 9.17) is 4.74 Å². The molecule has 1 unspecified atom stereocenters. The second-order valence-electron chi connectivity index (χ2n) is 6.66. The molecule has 4 nitrogen and oxygen atoms in total. The second-order valence-corrected chi connectivity index (χ2v) is 6.66. The molecule has 1 atom stereocenters. The Bertz CT molecular complexity index is 822. The second kappa shape index (κ2) is 9.74. The minimum Gasteiger partial charge on any atom is -0.504 e. The van der Waals surface area contributed by atoms with Gasteiger partial charge in [-0.05, 0) is 36.1 Å². The van der Waals surface area contributed by atoms with Gasteiger partial charge >= 0.3 is 0 Å². The van der Waals surface area contributed by atoms with Crippen molar-refractivity contribution in [3.05, 3.63) is 89.2 Å². The molecule has 2 N–H and O–H groups in total. The van der Waals surface area contributed by atoms with Gasteiger partial charge < -0.3 is 15.2 Å². The molecule has 0 radical (unpaired) electrons. The maximum absolute atomic E-state index is 12.4. The molecule has 0 bridgehead atoms. The summed E-state index contributed by atoms with van der Waals surface area (Å²) in [6, 6.07) is 15.6. The number of hydrogen-bond donors (Lipinski definition) is 2. The summed E-state index contributed by atoms with van der Waals surface area (Å²) in [6.45, 7) is 8.23. The molecule has 2 aromatic carbocycles. The van der Waals surface area contributed by atoms with Crippen LogP contribution in [0.2, 0.25) is 0 Å². The van der Waals surface area contributed by atoms with Crippen LogP contribution >= 0.6 is 0 Å². The van der Waals surface area contributed by atoms with Gasteiger partial charge in [-0.2, -0.15) is 0 Å². The van der Waals surface area contributed by atoms with Gasteiger partial charge in [0, 0.05) is 18.5 Å². The number of nitrogens with one attached hydrogen (secondary N) is 1. The summed E-state index contributed by atoms with van der Waals surface area (Å²) < 4.78 is 4.94. The molecule has 1 amide bonds. The lowest BCUT2D eigenvalue weighted by Crippen LogP contribution is -2.23. The molecular formula is C23H27NO3. The lowest BCUT2D eigenvalue weighted by Gasteiger charge is -2.13. The van der Waals surface area contributed by atoms with Crippen molar-refractivity contribution in [2.24, 2.45) is 0 Å². The topological polar surface area (TPSA) is 58.6 Å². The van der Waals surface area contributed by atoms with Gasteiger partial charge in [0.05, 0.1) is 19.5 Å². The molecule has 142 valence electrons. The smallest absolute Gasteiger partial charge is 0.251 e. The highest BCUT2D eigenvalue weighted by molar-refractivity contribution is 6.18. The third-order valence-electron chi connectivity index (χ3n) is 4.38. The van der Waals surface area contributed by atoms with Crippen molar-refractivity contribution in [3.63, 3.8) is 0 Å². The van der Waals surface area contributed by atoms with Gasteiger partial charge in [-0.1, -0.05) is 60.7 Å². The van der Waals surface area contributed by atoms with Crippen molar-refractivity contribution in [3.8, 4) is 0 Å². The van der Waals surface area contributed by atoms with Crippen molar-refractivity contribution >= 4 is 11.5 Å². The van der Waals surface area contributed by atoms with E-state index in [0.29, 0.717) is 18.5 Å². The number of hydrogen-bond acceptors (Lipinski definition) is 3. The minimum atomic E-state index is -0.635. The molecule has 0 aliphatic rings. The van der Waals surface area contributed by atoms with Crippen LogP contribution in [0.1, 0.15) is 29.2 Å². The van der Waals surface area contributed by atoms with Crippen LogP contribution in [0.25, 0.3) is 5.57 Å². The lowest BCUT2D eigenvalue weighted by molar-refractivity contribution is -0.115.